The van der Waals surface area contributed by atoms with Gasteiger partial charge in [-0.25, -0.2) is 0 Å². The number of anilines is 1. The quantitative estimate of drug-likeness (QED) is 0.781. The number of carbonyl (C=O) groups excluding carboxylic acids is 1. The fourth-order valence-corrected chi connectivity index (χ4v) is 1.62. The highest BCUT2D eigenvalue weighted by molar-refractivity contribution is 7.99. The van der Waals surface area contributed by atoms with E-state index in [0.29, 0.717) is 16.5 Å². The summed E-state index contributed by atoms with van der Waals surface area (Å²) in [5, 5.41) is 11.9. The van der Waals surface area contributed by atoms with Crippen LogP contribution in [0, 0.1) is 0 Å². The lowest BCUT2D eigenvalue weighted by Crippen LogP contribution is -2.14. The second-order valence-electron chi connectivity index (χ2n) is 2.83. The van der Waals surface area contributed by atoms with E-state index in [4.69, 9.17) is 16.7 Å². The van der Waals surface area contributed by atoms with Gasteiger partial charge in [-0.2, -0.15) is 0 Å². The van der Waals surface area contributed by atoms with Crippen molar-refractivity contribution >= 4 is 35.0 Å². The first-order chi connectivity index (χ1) is 7.22. The van der Waals surface area contributed by atoms with E-state index in [-0.39, 0.29) is 12.5 Å². The molecule has 0 heterocycles. The third-order valence-corrected chi connectivity index (χ3v) is 2.79. The van der Waals surface area contributed by atoms with Crippen LogP contribution in [0.5, 0.6) is 0 Å². The molecule has 0 aliphatic heterocycles. The molecule has 0 spiro atoms. The Morgan fingerprint density at radius 3 is 2.67 bits per heavy atom. The summed E-state index contributed by atoms with van der Waals surface area (Å²) in [6.07, 6.45) is 0. The number of hydrogen-bond acceptors (Lipinski definition) is 3. The molecule has 0 saturated carbocycles. The van der Waals surface area contributed by atoms with Gasteiger partial charge in [-0.15, -0.1) is 11.8 Å². The lowest BCUT2D eigenvalue weighted by molar-refractivity contribution is -0.113. The second kappa shape index (κ2) is 6.71. The Morgan fingerprint density at radius 2 is 2.07 bits per heavy atom. The Morgan fingerprint density at radius 1 is 1.40 bits per heavy atom. The van der Waals surface area contributed by atoms with E-state index in [9.17, 15) is 4.79 Å². The van der Waals surface area contributed by atoms with E-state index in [2.05, 4.69) is 5.32 Å². The summed E-state index contributed by atoms with van der Waals surface area (Å²) in [6, 6.07) is 6.93. The molecule has 2 N–H and O–H groups in total. The van der Waals surface area contributed by atoms with Gasteiger partial charge in [0.2, 0.25) is 5.91 Å². The van der Waals surface area contributed by atoms with Crippen molar-refractivity contribution in [2.45, 2.75) is 0 Å². The average molecular weight is 246 g/mol. The Labute approximate surface area is 97.8 Å². The maximum atomic E-state index is 11.3. The smallest absolute Gasteiger partial charge is 0.234 e. The maximum absolute atomic E-state index is 11.3. The highest BCUT2D eigenvalue weighted by atomic mass is 35.5. The van der Waals surface area contributed by atoms with Crippen LogP contribution in [0.1, 0.15) is 0 Å². The highest BCUT2D eigenvalue weighted by Gasteiger charge is 2.01. The van der Waals surface area contributed by atoms with E-state index in [1.165, 1.54) is 11.8 Å². The van der Waals surface area contributed by atoms with E-state index in [0.717, 1.165) is 5.69 Å². The fraction of sp³-hybridized carbons (Fsp3) is 0.300. The fourth-order valence-electron chi connectivity index (χ4n) is 0.960. The summed E-state index contributed by atoms with van der Waals surface area (Å²) >= 11 is 7.10. The summed E-state index contributed by atoms with van der Waals surface area (Å²) in [5.41, 5.74) is 0.731. The summed E-state index contributed by atoms with van der Waals surface area (Å²) in [6.45, 7) is 0.0961. The topological polar surface area (TPSA) is 49.3 Å². The molecule has 1 aromatic rings. The van der Waals surface area contributed by atoms with Crippen LogP contribution in [0.3, 0.4) is 0 Å². The minimum absolute atomic E-state index is 0.0734. The monoisotopic (exact) mass is 245 g/mol. The van der Waals surface area contributed by atoms with Gasteiger partial charge in [0.25, 0.3) is 0 Å². The van der Waals surface area contributed by atoms with Crippen LogP contribution in [-0.4, -0.2) is 29.1 Å². The largest absolute Gasteiger partial charge is 0.396 e. The summed E-state index contributed by atoms with van der Waals surface area (Å²) in [4.78, 5) is 11.3. The lowest BCUT2D eigenvalue weighted by atomic mass is 10.3. The first-order valence-electron chi connectivity index (χ1n) is 4.46. The number of rotatable bonds is 5. The number of hydrogen-bond donors (Lipinski definition) is 2. The average Bonchev–Trinajstić information content (AvgIpc) is 2.22. The lowest BCUT2D eigenvalue weighted by Gasteiger charge is -2.04. The van der Waals surface area contributed by atoms with E-state index in [1.807, 2.05) is 0 Å². The van der Waals surface area contributed by atoms with Crippen LogP contribution in [0.2, 0.25) is 5.02 Å². The van der Waals surface area contributed by atoms with Crippen molar-refractivity contribution < 1.29 is 9.90 Å². The third-order valence-electron chi connectivity index (χ3n) is 1.60. The van der Waals surface area contributed by atoms with E-state index in [1.54, 1.807) is 24.3 Å². The molecule has 0 bridgehead atoms. The number of amides is 1. The van der Waals surface area contributed by atoms with Crippen LogP contribution in [0.25, 0.3) is 0 Å². The zero-order chi connectivity index (χ0) is 11.1. The van der Waals surface area contributed by atoms with Gasteiger partial charge in [-0.1, -0.05) is 11.6 Å². The first-order valence-corrected chi connectivity index (χ1v) is 5.99. The number of halogens is 1. The zero-order valence-corrected chi connectivity index (χ0v) is 9.64. The van der Waals surface area contributed by atoms with Gasteiger partial charge in [0.15, 0.2) is 0 Å². The molecule has 5 heteroatoms. The first kappa shape index (κ1) is 12.4. The highest BCUT2D eigenvalue weighted by Crippen LogP contribution is 2.13. The molecule has 1 aromatic carbocycles. The van der Waals surface area contributed by atoms with Gasteiger partial charge >= 0.3 is 0 Å². The molecule has 0 radical (unpaired) electrons. The SMILES string of the molecule is O=C(CSCCO)Nc1ccc(Cl)cc1. The van der Waals surface area contributed by atoms with Crippen molar-refractivity contribution in [3.8, 4) is 0 Å². The normalized spacial score (nSPS) is 10.0. The molecule has 15 heavy (non-hydrogen) atoms. The van der Waals surface area contributed by atoms with Gasteiger partial charge in [0.05, 0.1) is 12.4 Å². The van der Waals surface area contributed by atoms with Crippen molar-refractivity contribution in [1.82, 2.24) is 0 Å². The van der Waals surface area contributed by atoms with Crippen molar-refractivity contribution in [2.75, 3.05) is 23.4 Å². The molecule has 1 amide bonds. The number of carbonyl (C=O) groups is 1. The predicted molar refractivity (Wildman–Crippen MR) is 64.5 cm³/mol. The van der Waals surface area contributed by atoms with Crippen molar-refractivity contribution in [3.05, 3.63) is 29.3 Å². The molecule has 0 aromatic heterocycles. The van der Waals surface area contributed by atoms with Crippen molar-refractivity contribution in [1.29, 1.82) is 0 Å². The van der Waals surface area contributed by atoms with Crippen molar-refractivity contribution in [3.63, 3.8) is 0 Å². The van der Waals surface area contributed by atoms with Gasteiger partial charge in [-0.3, -0.25) is 4.79 Å². The molecule has 1 rings (SSSR count). The number of aliphatic hydroxyl groups excluding tert-OH is 1. The van der Waals surface area contributed by atoms with E-state index >= 15 is 0 Å². The molecule has 0 aliphatic rings. The minimum Gasteiger partial charge on any atom is -0.396 e. The van der Waals surface area contributed by atoms with Gasteiger partial charge in [0, 0.05) is 16.5 Å². The summed E-state index contributed by atoms with van der Waals surface area (Å²) in [5.74, 6) is 0.854. The molecule has 0 atom stereocenters. The summed E-state index contributed by atoms with van der Waals surface area (Å²) in [7, 11) is 0. The number of thioether (sulfide) groups is 1. The third kappa shape index (κ3) is 5.06. The molecule has 0 aliphatic carbocycles. The van der Waals surface area contributed by atoms with Crippen LogP contribution >= 0.6 is 23.4 Å². The molecular weight excluding hydrogens is 234 g/mol. The Balaban J connectivity index is 2.34. The number of benzene rings is 1. The van der Waals surface area contributed by atoms with Gasteiger partial charge in [0.1, 0.15) is 0 Å². The minimum atomic E-state index is -0.0734. The van der Waals surface area contributed by atoms with Crippen molar-refractivity contribution in [2.24, 2.45) is 0 Å². The number of nitrogens with one attached hydrogen (secondary N) is 1. The van der Waals surface area contributed by atoms with Gasteiger partial charge in [-0.05, 0) is 24.3 Å². The molecule has 82 valence electrons. The standard InChI is InChI=1S/C10H12ClNO2S/c11-8-1-3-9(4-2-8)12-10(14)7-15-6-5-13/h1-4,13H,5-7H2,(H,12,14). The maximum Gasteiger partial charge on any atom is 0.234 e. The zero-order valence-electron chi connectivity index (χ0n) is 8.07. The molecule has 0 unspecified atom stereocenters. The molecule has 0 saturated heterocycles. The molecule has 3 nitrogen and oxygen atoms in total. The van der Waals surface area contributed by atoms with Crippen LogP contribution in [0.4, 0.5) is 5.69 Å². The Hall–Kier alpha value is -0.710. The second-order valence-corrected chi connectivity index (χ2v) is 4.37. The number of aliphatic hydroxyl groups is 1. The predicted octanol–water partition coefficient (Wildman–Crippen LogP) is 2.00. The van der Waals surface area contributed by atoms with E-state index < -0.39 is 0 Å². The van der Waals surface area contributed by atoms with Crippen LogP contribution < -0.4 is 5.32 Å². The van der Waals surface area contributed by atoms with Crippen LogP contribution in [0.15, 0.2) is 24.3 Å². The molecule has 0 fully saturated rings. The summed E-state index contributed by atoms with van der Waals surface area (Å²) < 4.78 is 0. The Kier molecular flexibility index (Phi) is 5.53. The van der Waals surface area contributed by atoms with Crippen LogP contribution in [-0.2, 0) is 4.79 Å². The Bertz CT molecular complexity index is 316. The molecular formula is C10H12ClNO2S. The van der Waals surface area contributed by atoms with Gasteiger partial charge < -0.3 is 10.4 Å².